The van der Waals surface area contributed by atoms with Crippen molar-refractivity contribution in [3.8, 4) is 17.0 Å². The minimum absolute atomic E-state index is 0.0488. The Morgan fingerprint density at radius 2 is 1.97 bits per heavy atom. The van der Waals surface area contributed by atoms with Crippen LogP contribution in [0.15, 0.2) is 24.5 Å². The molecule has 38 heavy (non-hydrogen) atoms. The summed E-state index contributed by atoms with van der Waals surface area (Å²) in [4.78, 5) is 38.1. The molecule has 3 aromatic rings. The number of rotatable bonds is 7. The molecular formula is C26H27F4N5O3. The van der Waals surface area contributed by atoms with Gasteiger partial charge in [-0.1, -0.05) is 6.92 Å². The molecule has 2 aliphatic rings. The number of likely N-dealkylation sites (tertiary alicyclic amines) is 1. The van der Waals surface area contributed by atoms with Gasteiger partial charge in [-0.05, 0) is 43.9 Å². The van der Waals surface area contributed by atoms with Gasteiger partial charge in [0.2, 0.25) is 5.91 Å². The molecule has 2 fully saturated rings. The van der Waals surface area contributed by atoms with Gasteiger partial charge in [-0.3, -0.25) is 9.59 Å². The van der Waals surface area contributed by atoms with Crippen molar-refractivity contribution in [3.05, 3.63) is 41.3 Å². The van der Waals surface area contributed by atoms with E-state index in [0.717, 1.165) is 25.0 Å². The van der Waals surface area contributed by atoms with Crippen molar-refractivity contribution < 1.29 is 31.9 Å². The zero-order chi connectivity index (χ0) is 27.2. The quantitative estimate of drug-likeness (QED) is 0.438. The summed E-state index contributed by atoms with van der Waals surface area (Å²) in [5.74, 6) is -0.191. The Kier molecular flexibility index (Phi) is 6.74. The molecule has 1 saturated heterocycles. The van der Waals surface area contributed by atoms with Crippen LogP contribution in [0.25, 0.3) is 22.3 Å². The van der Waals surface area contributed by atoms with E-state index in [4.69, 9.17) is 4.74 Å². The first-order valence-corrected chi connectivity index (χ1v) is 12.5. The number of H-pyrrole nitrogens is 1. The first-order valence-electron chi connectivity index (χ1n) is 12.5. The van der Waals surface area contributed by atoms with E-state index in [2.05, 4.69) is 20.3 Å². The third-order valence-electron chi connectivity index (χ3n) is 6.95. The molecule has 1 aromatic carbocycles. The van der Waals surface area contributed by atoms with Gasteiger partial charge in [0.05, 0.1) is 35.8 Å². The molecule has 0 radical (unpaired) electrons. The van der Waals surface area contributed by atoms with Gasteiger partial charge in [0, 0.05) is 24.2 Å². The number of carbonyl (C=O) groups is 2. The molecule has 2 N–H and O–H groups in total. The molecule has 12 heteroatoms. The number of alkyl halides is 4. The third kappa shape index (κ3) is 5.03. The minimum atomic E-state index is -4.58. The zero-order valence-corrected chi connectivity index (χ0v) is 20.9. The second-order valence-corrected chi connectivity index (χ2v) is 9.78. The van der Waals surface area contributed by atoms with Crippen molar-refractivity contribution in [2.45, 2.75) is 51.5 Å². The van der Waals surface area contributed by atoms with E-state index in [1.165, 1.54) is 17.3 Å². The number of hydrogen-bond acceptors (Lipinski definition) is 5. The summed E-state index contributed by atoms with van der Waals surface area (Å²) in [6.45, 7) is 3.63. The molecular weight excluding hydrogens is 506 g/mol. The number of nitrogens with one attached hydrogen (secondary N) is 2. The van der Waals surface area contributed by atoms with Crippen molar-refractivity contribution in [1.29, 1.82) is 0 Å². The third-order valence-corrected chi connectivity index (χ3v) is 6.95. The first-order chi connectivity index (χ1) is 18.1. The van der Waals surface area contributed by atoms with Crippen LogP contribution in [0.3, 0.4) is 0 Å². The number of carbonyl (C=O) groups excluding carboxylic acids is 2. The molecule has 5 rings (SSSR count). The van der Waals surface area contributed by atoms with Crippen LogP contribution >= 0.6 is 0 Å². The largest absolute Gasteiger partial charge is 0.493 e. The number of fused-ring (bicyclic) bond motifs is 1. The lowest BCUT2D eigenvalue weighted by Crippen LogP contribution is -2.42. The standard InChI is InChI=1S/C26H27F4N5O3/c1-3-20(36)35-9-17(27)18(10-35)34-25(37)21-13(2)33-24-22(31-12-32-23(21)24)16-8-15(26(28,29)30)6-7-19(16)38-11-14-4-5-14/h6-8,12,14,17-18,33H,3-5,9-11H2,1-2H3,(H,34,37)/t17-,18-/m1/s1. The lowest BCUT2D eigenvalue weighted by Gasteiger charge is -2.16. The Hall–Kier alpha value is -3.70. The summed E-state index contributed by atoms with van der Waals surface area (Å²) in [5, 5.41) is 2.65. The Bertz CT molecular complexity index is 1390. The highest BCUT2D eigenvalue weighted by atomic mass is 19.4. The van der Waals surface area contributed by atoms with Gasteiger partial charge in [-0.2, -0.15) is 13.2 Å². The fourth-order valence-corrected chi connectivity index (χ4v) is 4.68. The maximum absolute atomic E-state index is 14.6. The van der Waals surface area contributed by atoms with Gasteiger partial charge < -0.3 is 19.9 Å². The van der Waals surface area contributed by atoms with Crippen LogP contribution in [0.5, 0.6) is 5.75 Å². The molecule has 0 spiro atoms. The van der Waals surface area contributed by atoms with E-state index >= 15 is 0 Å². The molecule has 202 valence electrons. The molecule has 0 unspecified atom stereocenters. The van der Waals surface area contributed by atoms with Crippen molar-refractivity contribution in [3.63, 3.8) is 0 Å². The minimum Gasteiger partial charge on any atom is -0.493 e. The van der Waals surface area contributed by atoms with Crippen LogP contribution in [0.1, 0.15) is 47.8 Å². The fraction of sp³-hybridized carbons (Fsp3) is 0.462. The summed E-state index contributed by atoms with van der Waals surface area (Å²) < 4.78 is 61.2. The Labute approximate surface area is 215 Å². The van der Waals surface area contributed by atoms with Crippen LogP contribution in [-0.4, -0.2) is 63.6 Å². The van der Waals surface area contributed by atoms with Crippen molar-refractivity contribution in [2.75, 3.05) is 19.7 Å². The number of halogens is 4. The Balaban J connectivity index is 1.50. The van der Waals surface area contributed by atoms with Gasteiger partial charge in [0.15, 0.2) is 0 Å². The smallest absolute Gasteiger partial charge is 0.416 e. The molecule has 1 aliphatic carbocycles. The maximum atomic E-state index is 14.6. The highest BCUT2D eigenvalue weighted by molar-refractivity contribution is 6.09. The second-order valence-electron chi connectivity index (χ2n) is 9.78. The highest BCUT2D eigenvalue weighted by Gasteiger charge is 2.37. The first kappa shape index (κ1) is 25.9. The van der Waals surface area contributed by atoms with Crippen LogP contribution < -0.4 is 10.1 Å². The summed E-state index contributed by atoms with van der Waals surface area (Å²) >= 11 is 0. The molecule has 2 atom stereocenters. The maximum Gasteiger partial charge on any atom is 0.416 e. The number of aryl methyl sites for hydroxylation is 1. The number of hydrogen-bond donors (Lipinski definition) is 2. The molecule has 1 saturated carbocycles. The highest BCUT2D eigenvalue weighted by Crippen LogP contribution is 2.40. The van der Waals surface area contributed by atoms with E-state index in [1.807, 2.05) is 0 Å². The molecule has 3 heterocycles. The number of nitrogens with zero attached hydrogens (tertiary/aromatic N) is 3. The Morgan fingerprint density at radius 1 is 1.21 bits per heavy atom. The zero-order valence-electron chi connectivity index (χ0n) is 20.9. The average Bonchev–Trinajstić information content (AvgIpc) is 3.55. The van der Waals surface area contributed by atoms with Crippen molar-refractivity contribution in [2.24, 2.45) is 5.92 Å². The summed E-state index contributed by atoms with van der Waals surface area (Å²) in [6.07, 6.45) is -2.59. The number of benzene rings is 1. The predicted octanol–water partition coefficient (Wildman–Crippen LogP) is 4.43. The topological polar surface area (TPSA) is 100 Å². The molecule has 2 aromatic heterocycles. The van der Waals surface area contributed by atoms with E-state index in [0.29, 0.717) is 18.2 Å². The van der Waals surface area contributed by atoms with E-state index < -0.39 is 29.9 Å². The monoisotopic (exact) mass is 533 g/mol. The van der Waals surface area contributed by atoms with E-state index in [1.54, 1.807) is 13.8 Å². The number of aromatic amines is 1. The van der Waals surface area contributed by atoms with Gasteiger partial charge in [-0.25, -0.2) is 14.4 Å². The summed E-state index contributed by atoms with van der Waals surface area (Å²) in [5.41, 5.74) is 0.375. The van der Waals surface area contributed by atoms with E-state index in [9.17, 15) is 27.2 Å². The normalized spacial score (nSPS) is 19.7. The van der Waals surface area contributed by atoms with Gasteiger partial charge in [-0.15, -0.1) is 0 Å². The number of amides is 2. The molecule has 2 amide bonds. The van der Waals surface area contributed by atoms with Crippen LogP contribution in [0.2, 0.25) is 0 Å². The van der Waals surface area contributed by atoms with Gasteiger partial charge in [0.1, 0.15) is 29.5 Å². The lowest BCUT2D eigenvalue weighted by atomic mass is 10.0. The van der Waals surface area contributed by atoms with Crippen LogP contribution in [0, 0.1) is 12.8 Å². The lowest BCUT2D eigenvalue weighted by molar-refractivity contribution is -0.137. The van der Waals surface area contributed by atoms with Gasteiger partial charge >= 0.3 is 6.18 Å². The van der Waals surface area contributed by atoms with E-state index in [-0.39, 0.29) is 59.0 Å². The predicted molar refractivity (Wildman–Crippen MR) is 130 cm³/mol. The van der Waals surface area contributed by atoms with Crippen LogP contribution in [-0.2, 0) is 11.0 Å². The number of ether oxygens (including phenoxy) is 1. The molecule has 0 bridgehead atoms. The van der Waals surface area contributed by atoms with Crippen molar-refractivity contribution >= 4 is 22.8 Å². The van der Waals surface area contributed by atoms with Crippen LogP contribution in [0.4, 0.5) is 17.6 Å². The summed E-state index contributed by atoms with van der Waals surface area (Å²) in [7, 11) is 0. The molecule has 8 nitrogen and oxygen atoms in total. The van der Waals surface area contributed by atoms with Crippen molar-refractivity contribution in [1.82, 2.24) is 25.2 Å². The molecule has 1 aliphatic heterocycles. The van der Waals surface area contributed by atoms with Gasteiger partial charge in [0.25, 0.3) is 5.91 Å². The second kappa shape index (κ2) is 9.88. The average molecular weight is 534 g/mol. The Morgan fingerprint density at radius 3 is 2.66 bits per heavy atom. The SMILES string of the molecule is CCC(=O)N1C[C@@H](F)[C@H](NC(=O)c2c(C)[nH]c3c(-c4cc(C(F)(F)F)ccc4OCC4CC4)ncnc23)C1. The number of aromatic nitrogens is 3. The fourth-order valence-electron chi connectivity index (χ4n) is 4.68. The summed E-state index contributed by atoms with van der Waals surface area (Å²) in [6, 6.07) is 2.33.